The van der Waals surface area contributed by atoms with Crippen LogP contribution in [0.3, 0.4) is 0 Å². The quantitative estimate of drug-likeness (QED) is 0.504. The minimum Gasteiger partial charge on any atom is -0.466 e. The minimum absolute atomic E-state index is 0.0824. The highest BCUT2D eigenvalue weighted by Gasteiger charge is 2.47. The number of ether oxygens (including phenoxy) is 1. The summed E-state index contributed by atoms with van der Waals surface area (Å²) in [7, 11) is 0. The molecule has 1 aromatic carbocycles. The van der Waals surface area contributed by atoms with Crippen LogP contribution in [0.4, 0.5) is 8.78 Å². The van der Waals surface area contributed by atoms with E-state index in [1.807, 2.05) is 18.2 Å². The monoisotopic (exact) mass is 423 g/mol. The largest absolute Gasteiger partial charge is 0.466 e. The molecule has 0 saturated carbocycles. The number of fused-ring (bicyclic) bond motifs is 2. The van der Waals surface area contributed by atoms with Gasteiger partial charge in [0.05, 0.1) is 18.3 Å². The lowest BCUT2D eigenvalue weighted by molar-refractivity contribution is -0.131. The van der Waals surface area contributed by atoms with E-state index in [1.165, 1.54) is 9.42 Å². The number of alkyl halides is 2. The highest BCUT2D eigenvalue weighted by molar-refractivity contribution is 5.93. The molecule has 3 aromatic heterocycles. The third kappa shape index (κ3) is 3.56. The van der Waals surface area contributed by atoms with E-state index in [1.54, 1.807) is 43.5 Å². The number of aromatic nitrogens is 4. The maximum Gasteiger partial charge on any atom is 0.287 e. The summed E-state index contributed by atoms with van der Waals surface area (Å²) >= 11 is 0. The smallest absolute Gasteiger partial charge is 0.287 e. The number of piperidine rings is 1. The number of aryl methyl sites for hydroxylation is 1. The normalized spacial score (nSPS) is 18.4. The van der Waals surface area contributed by atoms with Gasteiger partial charge < -0.3 is 9.64 Å². The molecule has 0 aliphatic carbocycles. The average molecular weight is 423 g/mol. The Morgan fingerprint density at radius 2 is 2.00 bits per heavy atom. The Labute approximate surface area is 176 Å². The van der Waals surface area contributed by atoms with Gasteiger partial charge in [-0.1, -0.05) is 18.2 Å². The number of para-hydroxylation sites is 1. The molecular weight excluding hydrogens is 404 g/mol. The molecule has 0 spiro atoms. The second-order valence-corrected chi connectivity index (χ2v) is 7.59. The van der Waals surface area contributed by atoms with Crippen molar-refractivity contribution in [1.29, 1.82) is 0 Å². The molecule has 7 nitrogen and oxygen atoms in total. The molecule has 1 aliphatic heterocycles. The van der Waals surface area contributed by atoms with Gasteiger partial charge in [0.25, 0.3) is 11.8 Å². The molecule has 1 aliphatic rings. The Balaban J connectivity index is 1.41. The van der Waals surface area contributed by atoms with Gasteiger partial charge in [-0.3, -0.25) is 4.79 Å². The van der Waals surface area contributed by atoms with Crippen LogP contribution in [-0.2, 0) is 0 Å². The highest BCUT2D eigenvalue weighted by atomic mass is 19.3. The molecule has 4 aromatic rings. The Morgan fingerprint density at radius 1 is 1.16 bits per heavy atom. The number of benzene rings is 1. The van der Waals surface area contributed by atoms with Crippen LogP contribution in [0.25, 0.3) is 16.6 Å². The summed E-state index contributed by atoms with van der Waals surface area (Å²) in [5.74, 6) is -3.37. The van der Waals surface area contributed by atoms with Crippen LogP contribution < -0.4 is 4.74 Å². The molecule has 1 saturated heterocycles. The zero-order valence-electron chi connectivity index (χ0n) is 16.7. The van der Waals surface area contributed by atoms with E-state index in [-0.39, 0.29) is 24.7 Å². The first-order valence-corrected chi connectivity index (χ1v) is 9.92. The minimum atomic E-state index is -3.08. The predicted molar refractivity (Wildman–Crippen MR) is 109 cm³/mol. The van der Waals surface area contributed by atoms with Crippen molar-refractivity contribution < 1.29 is 18.3 Å². The number of carbonyl (C=O) groups excluding carboxylic acids is 1. The molecule has 0 N–H and O–H groups in total. The van der Waals surface area contributed by atoms with Gasteiger partial charge in [-0.05, 0) is 25.1 Å². The van der Waals surface area contributed by atoms with Gasteiger partial charge in [0.15, 0.2) is 11.8 Å². The molecule has 0 radical (unpaired) electrons. The summed E-state index contributed by atoms with van der Waals surface area (Å²) in [6.45, 7) is 1.43. The number of likely N-dealkylation sites (tertiary alicyclic amines) is 1. The lowest BCUT2D eigenvalue weighted by Crippen LogP contribution is -2.55. The van der Waals surface area contributed by atoms with Gasteiger partial charge in [-0.25, -0.2) is 23.3 Å². The zero-order chi connectivity index (χ0) is 21.6. The topological polar surface area (TPSA) is 72.6 Å². The van der Waals surface area contributed by atoms with Crippen molar-refractivity contribution in [3.63, 3.8) is 0 Å². The summed E-state index contributed by atoms with van der Waals surface area (Å²) in [5.41, 5.74) is 2.10. The molecule has 158 valence electrons. The van der Waals surface area contributed by atoms with Crippen LogP contribution in [0, 0.1) is 6.92 Å². The van der Waals surface area contributed by atoms with Crippen LogP contribution in [0.1, 0.15) is 22.6 Å². The number of carbonyl (C=O) groups is 1. The summed E-state index contributed by atoms with van der Waals surface area (Å²) in [5, 5.41) is 5.02. The third-order valence-corrected chi connectivity index (χ3v) is 5.40. The first-order valence-electron chi connectivity index (χ1n) is 9.92. The average Bonchev–Trinajstić information content (AvgIpc) is 3.22. The number of pyridine rings is 1. The van der Waals surface area contributed by atoms with Gasteiger partial charge in [0, 0.05) is 36.2 Å². The SMILES string of the molecule is Cc1cc(C(=O)N2CCC(F)(F)C(Oc3ccc4ccccc4n3)C2)n2nccc2n1. The lowest BCUT2D eigenvalue weighted by atomic mass is 10.0. The van der Waals surface area contributed by atoms with Gasteiger partial charge in [-0.15, -0.1) is 0 Å². The molecular formula is C22H19F2N5O2. The number of rotatable bonds is 3. The van der Waals surface area contributed by atoms with E-state index in [2.05, 4.69) is 15.1 Å². The number of halogens is 2. The summed E-state index contributed by atoms with van der Waals surface area (Å²) < 4.78 is 36.3. The van der Waals surface area contributed by atoms with Crippen molar-refractivity contribution >= 4 is 22.5 Å². The standard InChI is InChI=1S/C22H19F2N5O2/c1-14-12-17(29-19(26-14)8-10-25-29)21(30)28-11-9-22(23,24)18(13-28)31-20-7-6-15-4-2-3-5-16(15)27-20/h2-8,10,12,18H,9,11,13H2,1H3. The van der Waals surface area contributed by atoms with Crippen molar-refractivity contribution in [1.82, 2.24) is 24.5 Å². The number of hydrogen-bond acceptors (Lipinski definition) is 5. The third-order valence-electron chi connectivity index (χ3n) is 5.40. The Morgan fingerprint density at radius 3 is 2.87 bits per heavy atom. The highest BCUT2D eigenvalue weighted by Crippen LogP contribution is 2.32. The molecule has 0 bridgehead atoms. The second kappa shape index (κ2) is 7.26. The fraction of sp³-hybridized carbons (Fsp3) is 0.273. The van der Waals surface area contributed by atoms with E-state index in [9.17, 15) is 13.6 Å². The van der Waals surface area contributed by atoms with E-state index >= 15 is 0 Å². The fourth-order valence-electron chi connectivity index (χ4n) is 3.79. The van der Waals surface area contributed by atoms with Crippen LogP contribution in [0.15, 0.2) is 54.7 Å². The summed E-state index contributed by atoms with van der Waals surface area (Å²) in [6.07, 6.45) is -0.460. The molecule has 1 unspecified atom stereocenters. The molecule has 1 fully saturated rings. The molecule has 1 atom stereocenters. The van der Waals surface area contributed by atoms with Crippen molar-refractivity contribution in [2.75, 3.05) is 13.1 Å². The number of nitrogens with zero attached hydrogens (tertiary/aromatic N) is 5. The first kappa shape index (κ1) is 19.3. The Bertz CT molecular complexity index is 1290. The van der Waals surface area contributed by atoms with E-state index in [0.717, 1.165) is 5.39 Å². The van der Waals surface area contributed by atoms with Crippen molar-refractivity contribution in [2.45, 2.75) is 25.4 Å². The van der Waals surface area contributed by atoms with Crippen LogP contribution in [-0.4, -0.2) is 55.5 Å². The van der Waals surface area contributed by atoms with E-state index < -0.39 is 24.4 Å². The number of amides is 1. The summed E-state index contributed by atoms with van der Waals surface area (Å²) in [4.78, 5) is 23.2. The van der Waals surface area contributed by atoms with Crippen LogP contribution in [0.5, 0.6) is 5.88 Å². The first-order chi connectivity index (χ1) is 14.9. The Hall–Kier alpha value is -3.62. The van der Waals surface area contributed by atoms with Gasteiger partial charge >= 0.3 is 0 Å². The van der Waals surface area contributed by atoms with Crippen molar-refractivity contribution in [3.05, 3.63) is 66.1 Å². The van der Waals surface area contributed by atoms with Crippen molar-refractivity contribution in [3.8, 4) is 5.88 Å². The van der Waals surface area contributed by atoms with Gasteiger partial charge in [0.1, 0.15) is 5.69 Å². The fourth-order valence-corrected chi connectivity index (χ4v) is 3.79. The predicted octanol–water partition coefficient (Wildman–Crippen LogP) is 3.51. The van der Waals surface area contributed by atoms with Crippen LogP contribution in [0.2, 0.25) is 0 Å². The molecule has 4 heterocycles. The maximum absolute atomic E-state index is 14.7. The molecule has 31 heavy (non-hydrogen) atoms. The Kier molecular flexibility index (Phi) is 4.53. The summed E-state index contributed by atoms with van der Waals surface area (Å²) in [6, 6.07) is 14.0. The number of hydrogen-bond donors (Lipinski definition) is 0. The lowest BCUT2D eigenvalue weighted by Gasteiger charge is -2.37. The van der Waals surface area contributed by atoms with Gasteiger partial charge in [-0.2, -0.15) is 5.10 Å². The molecule has 5 rings (SSSR count). The molecule has 9 heteroatoms. The second-order valence-electron chi connectivity index (χ2n) is 7.59. The van der Waals surface area contributed by atoms with E-state index in [4.69, 9.17) is 4.74 Å². The maximum atomic E-state index is 14.7. The zero-order valence-corrected chi connectivity index (χ0v) is 16.7. The molecule has 1 amide bonds. The van der Waals surface area contributed by atoms with E-state index in [0.29, 0.717) is 16.9 Å². The van der Waals surface area contributed by atoms with Crippen LogP contribution >= 0.6 is 0 Å². The van der Waals surface area contributed by atoms with Crippen molar-refractivity contribution in [2.24, 2.45) is 0 Å². The van der Waals surface area contributed by atoms with Gasteiger partial charge in [0.2, 0.25) is 5.88 Å².